The topological polar surface area (TPSA) is 26.0 Å². The molecular formula is C15H12F5N. The quantitative estimate of drug-likeness (QED) is 0.801. The SMILES string of the molecule is C[C@@H](N)c1ccc(-c2cccc(F)c2C(F)(F)F)cc1F. The standard InChI is InChI=1S/C15H12F5N/c1-8(21)10-6-5-9(7-13(10)17)11-3-2-4-12(16)14(11)15(18,19)20/h2-8H,21H2,1H3/t8-/m1/s1. The van der Waals surface area contributed by atoms with E-state index < -0.39 is 35.0 Å². The van der Waals surface area contributed by atoms with Gasteiger partial charge in [0, 0.05) is 11.6 Å². The fourth-order valence-corrected chi connectivity index (χ4v) is 2.12. The summed E-state index contributed by atoms with van der Waals surface area (Å²) in [6.07, 6.45) is -4.86. The van der Waals surface area contributed by atoms with E-state index >= 15 is 0 Å². The van der Waals surface area contributed by atoms with Crippen molar-refractivity contribution in [2.24, 2.45) is 5.73 Å². The lowest BCUT2D eigenvalue weighted by Crippen LogP contribution is -2.11. The van der Waals surface area contributed by atoms with Gasteiger partial charge in [-0.1, -0.05) is 24.3 Å². The molecular weight excluding hydrogens is 289 g/mol. The molecule has 2 aromatic rings. The molecule has 0 heterocycles. The minimum absolute atomic E-state index is 0.0521. The second-order valence-corrected chi connectivity index (χ2v) is 4.69. The van der Waals surface area contributed by atoms with Crippen molar-refractivity contribution in [3.63, 3.8) is 0 Å². The van der Waals surface area contributed by atoms with Gasteiger partial charge in [-0.05, 0) is 30.2 Å². The lowest BCUT2D eigenvalue weighted by Gasteiger charge is -2.15. The maximum absolute atomic E-state index is 13.9. The van der Waals surface area contributed by atoms with E-state index in [4.69, 9.17) is 5.73 Å². The lowest BCUT2D eigenvalue weighted by molar-refractivity contribution is -0.139. The van der Waals surface area contributed by atoms with E-state index in [9.17, 15) is 22.0 Å². The van der Waals surface area contributed by atoms with Crippen molar-refractivity contribution in [3.8, 4) is 11.1 Å². The summed E-state index contributed by atoms with van der Waals surface area (Å²) in [5.41, 5.74) is 3.87. The van der Waals surface area contributed by atoms with Gasteiger partial charge in [-0.2, -0.15) is 13.2 Å². The minimum Gasteiger partial charge on any atom is -0.324 e. The van der Waals surface area contributed by atoms with E-state index in [1.165, 1.54) is 12.1 Å². The maximum atomic E-state index is 13.9. The van der Waals surface area contributed by atoms with Crippen molar-refractivity contribution in [2.45, 2.75) is 19.1 Å². The molecule has 2 rings (SSSR count). The number of rotatable bonds is 2. The van der Waals surface area contributed by atoms with Crippen LogP contribution in [0.3, 0.4) is 0 Å². The van der Waals surface area contributed by atoms with E-state index in [0.29, 0.717) is 0 Å². The Labute approximate surface area is 118 Å². The van der Waals surface area contributed by atoms with E-state index in [0.717, 1.165) is 24.3 Å². The molecule has 0 aliphatic carbocycles. The third-order valence-electron chi connectivity index (χ3n) is 3.10. The van der Waals surface area contributed by atoms with Gasteiger partial charge in [-0.3, -0.25) is 0 Å². The molecule has 1 nitrogen and oxygen atoms in total. The molecule has 0 aliphatic rings. The first-order chi connectivity index (χ1) is 9.71. The van der Waals surface area contributed by atoms with E-state index in [2.05, 4.69) is 0 Å². The molecule has 0 amide bonds. The van der Waals surface area contributed by atoms with Crippen LogP contribution in [-0.2, 0) is 6.18 Å². The van der Waals surface area contributed by atoms with E-state index in [1.807, 2.05) is 0 Å². The van der Waals surface area contributed by atoms with Crippen molar-refractivity contribution in [3.05, 3.63) is 59.2 Å². The molecule has 1 atom stereocenters. The lowest BCUT2D eigenvalue weighted by atomic mass is 9.96. The summed E-state index contributed by atoms with van der Waals surface area (Å²) in [4.78, 5) is 0. The van der Waals surface area contributed by atoms with Gasteiger partial charge in [-0.15, -0.1) is 0 Å². The highest BCUT2D eigenvalue weighted by Gasteiger charge is 2.37. The molecule has 0 fully saturated rings. The van der Waals surface area contributed by atoms with Gasteiger partial charge in [-0.25, -0.2) is 8.78 Å². The predicted molar refractivity (Wildman–Crippen MR) is 69.4 cm³/mol. The van der Waals surface area contributed by atoms with Crippen LogP contribution in [0.2, 0.25) is 0 Å². The Hall–Kier alpha value is -1.95. The van der Waals surface area contributed by atoms with Crippen LogP contribution in [0.5, 0.6) is 0 Å². The molecule has 0 unspecified atom stereocenters. The Balaban J connectivity index is 2.63. The first-order valence-electron chi connectivity index (χ1n) is 6.13. The summed E-state index contributed by atoms with van der Waals surface area (Å²) in [5, 5.41) is 0. The van der Waals surface area contributed by atoms with Gasteiger partial charge in [0.15, 0.2) is 0 Å². The predicted octanol–water partition coefficient (Wildman–Crippen LogP) is 4.67. The Morgan fingerprint density at radius 2 is 1.67 bits per heavy atom. The van der Waals surface area contributed by atoms with Crippen LogP contribution in [0.1, 0.15) is 24.1 Å². The maximum Gasteiger partial charge on any atom is 0.419 e. The summed E-state index contributed by atoms with van der Waals surface area (Å²) in [7, 11) is 0. The molecule has 112 valence electrons. The number of benzene rings is 2. The summed E-state index contributed by atoms with van der Waals surface area (Å²) >= 11 is 0. The largest absolute Gasteiger partial charge is 0.419 e. The van der Waals surface area contributed by atoms with Crippen molar-refractivity contribution in [1.82, 2.24) is 0 Å². The average molecular weight is 301 g/mol. The van der Waals surface area contributed by atoms with Crippen LogP contribution >= 0.6 is 0 Å². The molecule has 0 spiro atoms. The average Bonchev–Trinajstić information content (AvgIpc) is 2.36. The van der Waals surface area contributed by atoms with Crippen molar-refractivity contribution in [2.75, 3.05) is 0 Å². The second kappa shape index (κ2) is 5.44. The van der Waals surface area contributed by atoms with Gasteiger partial charge < -0.3 is 5.73 Å². The van der Waals surface area contributed by atoms with Crippen LogP contribution in [0.25, 0.3) is 11.1 Å². The Morgan fingerprint density at radius 1 is 1.00 bits per heavy atom. The molecule has 0 aliphatic heterocycles. The first kappa shape index (κ1) is 15.4. The highest BCUT2D eigenvalue weighted by molar-refractivity contribution is 5.68. The first-order valence-corrected chi connectivity index (χ1v) is 6.13. The number of nitrogens with two attached hydrogens (primary N) is 1. The third-order valence-corrected chi connectivity index (χ3v) is 3.10. The van der Waals surface area contributed by atoms with Crippen LogP contribution < -0.4 is 5.73 Å². The summed E-state index contributed by atoms with van der Waals surface area (Å²) in [6, 6.07) is 5.92. The van der Waals surface area contributed by atoms with Gasteiger partial charge >= 0.3 is 6.18 Å². The van der Waals surface area contributed by atoms with Crippen LogP contribution in [-0.4, -0.2) is 0 Å². The molecule has 0 bridgehead atoms. The highest BCUT2D eigenvalue weighted by Crippen LogP contribution is 2.39. The van der Waals surface area contributed by atoms with Gasteiger partial charge in [0.25, 0.3) is 0 Å². The number of hydrogen-bond donors (Lipinski definition) is 1. The van der Waals surface area contributed by atoms with Crippen LogP contribution in [0.15, 0.2) is 36.4 Å². The Kier molecular flexibility index (Phi) is 4.00. The molecule has 6 heteroatoms. The van der Waals surface area contributed by atoms with Crippen LogP contribution in [0, 0.1) is 11.6 Å². The Morgan fingerprint density at radius 3 is 2.19 bits per heavy atom. The smallest absolute Gasteiger partial charge is 0.324 e. The highest BCUT2D eigenvalue weighted by atomic mass is 19.4. The Bertz CT molecular complexity index is 662. The minimum atomic E-state index is -4.86. The van der Waals surface area contributed by atoms with Crippen molar-refractivity contribution < 1.29 is 22.0 Å². The van der Waals surface area contributed by atoms with Gasteiger partial charge in [0.2, 0.25) is 0 Å². The summed E-state index contributed by atoms with van der Waals surface area (Å²) < 4.78 is 66.2. The fourth-order valence-electron chi connectivity index (χ4n) is 2.12. The number of halogens is 5. The molecule has 0 saturated carbocycles. The molecule has 2 aromatic carbocycles. The zero-order valence-corrected chi connectivity index (χ0v) is 11.0. The molecule has 2 N–H and O–H groups in total. The van der Waals surface area contributed by atoms with Gasteiger partial charge in [0.05, 0.1) is 5.56 Å². The monoisotopic (exact) mass is 301 g/mol. The normalized spacial score (nSPS) is 13.3. The zero-order valence-electron chi connectivity index (χ0n) is 11.0. The second-order valence-electron chi connectivity index (χ2n) is 4.69. The zero-order chi connectivity index (χ0) is 15.8. The summed E-state index contributed by atoms with van der Waals surface area (Å²) in [6.45, 7) is 1.56. The molecule has 21 heavy (non-hydrogen) atoms. The molecule has 0 aromatic heterocycles. The van der Waals surface area contributed by atoms with Crippen LogP contribution in [0.4, 0.5) is 22.0 Å². The molecule has 0 saturated heterocycles. The third kappa shape index (κ3) is 3.05. The number of alkyl halides is 3. The van der Waals surface area contributed by atoms with E-state index in [1.54, 1.807) is 6.92 Å². The van der Waals surface area contributed by atoms with E-state index in [-0.39, 0.29) is 11.1 Å². The molecule has 0 radical (unpaired) electrons. The fraction of sp³-hybridized carbons (Fsp3) is 0.200. The summed E-state index contributed by atoms with van der Waals surface area (Å²) in [5.74, 6) is -2.11. The van der Waals surface area contributed by atoms with Gasteiger partial charge in [0.1, 0.15) is 11.6 Å². The van der Waals surface area contributed by atoms with Crippen molar-refractivity contribution in [1.29, 1.82) is 0 Å². The number of hydrogen-bond acceptors (Lipinski definition) is 1. The van der Waals surface area contributed by atoms with Crippen molar-refractivity contribution >= 4 is 0 Å².